The molecule has 3 heterocycles. The highest BCUT2D eigenvalue weighted by Crippen LogP contribution is 2.29. The van der Waals surface area contributed by atoms with Gasteiger partial charge in [-0.1, -0.05) is 11.6 Å². The summed E-state index contributed by atoms with van der Waals surface area (Å²) < 4.78 is 7.19. The number of fused-ring (bicyclic) bond motifs is 1. The van der Waals surface area contributed by atoms with Gasteiger partial charge in [0, 0.05) is 12.4 Å². The van der Waals surface area contributed by atoms with Gasteiger partial charge in [-0.2, -0.15) is 20.0 Å². The lowest BCUT2D eigenvalue weighted by molar-refractivity contribution is 0.593. The van der Waals surface area contributed by atoms with Crippen LogP contribution in [0.15, 0.2) is 41.3 Å². The highest BCUT2D eigenvalue weighted by atomic mass is 35.5. The molecule has 0 aliphatic heterocycles. The number of nitrogens with zero attached hydrogens (tertiary/aromatic N) is 7. The largest absolute Gasteiger partial charge is 0.422 e. The van der Waals surface area contributed by atoms with E-state index in [0.29, 0.717) is 33.5 Å². The van der Waals surface area contributed by atoms with Crippen molar-refractivity contribution in [2.24, 2.45) is 0 Å². The molecule has 0 bridgehead atoms. The van der Waals surface area contributed by atoms with Crippen molar-refractivity contribution in [3.05, 3.63) is 53.3 Å². The summed E-state index contributed by atoms with van der Waals surface area (Å²) in [6.45, 7) is 1.88. The first kappa shape index (κ1) is 16.0. The topological polar surface area (TPSA) is 118 Å². The zero-order valence-corrected chi connectivity index (χ0v) is 14.2. The van der Waals surface area contributed by atoms with Crippen molar-refractivity contribution < 1.29 is 4.42 Å². The Morgan fingerprint density at radius 2 is 2.08 bits per heavy atom. The zero-order valence-electron chi connectivity index (χ0n) is 13.5. The number of oxazole rings is 1. The van der Waals surface area contributed by atoms with Crippen molar-refractivity contribution in [1.29, 1.82) is 5.26 Å². The van der Waals surface area contributed by atoms with Crippen LogP contribution >= 0.6 is 11.6 Å². The molecule has 4 aromatic rings. The number of rotatable bonds is 4. The molecule has 3 aromatic heterocycles. The molecule has 1 atom stereocenters. The van der Waals surface area contributed by atoms with Crippen molar-refractivity contribution in [1.82, 2.24) is 29.7 Å². The second kappa shape index (κ2) is 6.42. The van der Waals surface area contributed by atoms with Crippen LogP contribution in [0.5, 0.6) is 0 Å². The van der Waals surface area contributed by atoms with Gasteiger partial charge in [0.15, 0.2) is 11.4 Å². The fraction of sp³-hybridized carbons (Fsp3) is 0.125. The summed E-state index contributed by atoms with van der Waals surface area (Å²) >= 11 is 6.14. The first-order valence-corrected chi connectivity index (χ1v) is 7.97. The van der Waals surface area contributed by atoms with Crippen LogP contribution in [0.1, 0.15) is 24.4 Å². The molecule has 1 N–H and O–H groups in total. The van der Waals surface area contributed by atoms with Gasteiger partial charge in [-0.15, -0.1) is 0 Å². The van der Waals surface area contributed by atoms with Crippen LogP contribution in [0.25, 0.3) is 17.0 Å². The van der Waals surface area contributed by atoms with Gasteiger partial charge in [0.1, 0.15) is 11.8 Å². The van der Waals surface area contributed by atoms with Gasteiger partial charge < -0.3 is 9.73 Å². The van der Waals surface area contributed by atoms with E-state index in [4.69, 9.17) is 21.3 Å². The summed E-state index contributed by atoms with van der Waals surface area (Å²) in [5, 5.41) is 16.6. The van der Waals surface area contributed by atoms with E-state index in [0.717, 1.165) is 0 Å². The Balaban J connectivity index is 1.65. The molecule has 1 unspecified atom stereocenters. The lowest BCUT2D eigenvalue weighted by atomic mass is 10.2. The van der Waals surface area contributed by atoms with E-state index in [1.807, 2.05) is 13.0 Å². The minimum Gasteiger partial charge on any atom is -0.422 e. The minimum absolute atomic E-state index is 0.257. The van der Waals surface area contributed by atoms with Crippen molar-refractivity contribution in [2.75, 3.05) is 5.32 Å². The summed E-state index contributed by atoms with van der Waals surface area (Å²) in [6.07, 6.45) is 4.68. The number of aromatic nitrogens is 6. The summed E-state index contributed by atoms with van der Waals surface area (Å²) in [5.74, 6) is 0.996. The maximum atomic E-state index is 9.03. The van der Waals surface area contributed by atoms with Crippen molar-refractivity contribution in [3.63, 3.8) is 0 Å². The maximum Gasteiger partial charge on any atom is 0.296 e. The van der Waals surface area contributed by atoms with Crippen LogP contribution in [-0.4, -0.2) is 29.7 Å². The second-order valence-corrected chi connectivity index (χ2v) is 5.79. The maximum absolute atomic E-state index is 9.03. The van der Waals surface area contributed by atoms with Gasteiger partial charge >= 0.3 is 0 Å². The highest BCUT2D eigenvalue weighted by molar-refractivity contribution is 6.34. The van der Waals surface area contributed by atoms with E-state index >= 15 is 0 Å². The summed E-state index contributed by atoms with van der Waals surface area (Å²) in [5.41, 5.74) is 1.32. The molecule has 0 aliphatic rings. The quantitative estimate of drug-likeness (QED) is 0.585. The van der Waals surface area contributed by atoms with E-state index in [-0.39, 0.29) is 12.1 Å². The SMILES string of the molecule is CC(Nc1nc2cc(C#N)cc(Cl)c2o1)c1ncnn1-c1ncccn1. The number of hydrogen-bond acceptors (Lipinski definition) is 8. The molecule has 0 aliphatic carbocycles. The van der Waals surface area contributed by atoms with Gasteiger partial charge in [0.2, 0.25) is 0 Å². The number of benzene rings is 1. The number of halogens is 1. The monoisotopic (exact) mass is 366 g/mol. The Hall–Kier alpha value is -3.51. The van der Waals surface area contributed by atoms with Gasteiger partial charge in [-0.05, 0) is 25.1 Å². The van der Waals surface area contributed by atoms with Crippen LogP contribution < -0.4 is 5.32 Å². The number of hydrogen-bond donors (Lipinski definition) is 1. The van der Waals surface area contributed by atoms with E-state index in [1.54, 1.807) is 24.5 Å². The predicted octanol–water partition coefficient (Wildman–Crippen LogP) is 2.90. The van der Waals surface area contributed by atoms with Crippen LogP contribution in [0.2, 0.25) is 5.02 Å². The fourth-order valence-corrected chi connectivity index (χ4v) is 2.72. The molecule has 0 saturated carbocycles. The Morgan fingerprint density at radius 3 is 2.85 bits per heavy atom. The van der Waals surface area contributed by atoms with Crippen molar-refractivity contribution in [2.45, 2.75) is 13.0 Å². The third-order valence-corrected chi connectivity index (χ3v) is 3.90. The van der Waals surface area contributed by atoms with Crippen LogP contribution in [0, 0.1) is 11.3 Å². The summed E-state index contributed by atoms with van der Waals surface area (Å²) in [4.78, 5) is 16.9. The molecule has 0 amide bonds. The van der Waals surface area contributed by atoms with Gasteiger partial charge in [0.25, 0.3) is 12.0 Å². The molecule has 0 radical (unpaired) electrons. The van der Waals surface area contributed by atoms with Gasteiger partial charge in [0.05, 0.1) is 22.7 Å². The van der Waals surface area contributed by atoms with E-state index in [1.165, 1.54) is 17.1 Å². The Morgan fingerprint density at radius 1 is 1.27 bits per heavy atom. The lowest BCUT2D eigenvalue weighted by Crippen LogP contribution is -2.15. The van der Waals surface area contributed by atoms with E-state index in [2.05, 4.69) is 30.4 Å². The van der Waals surface area contributed by atoms with Crippen LogP contribution in [0.4, 0.5) is 6.01 Å². The Kier molecular flexibility index (Phi) is 3.95. The van der Waals surface area contributed by atoms with Gasteiger partial charge in [-0.3, -0.25) is 0 Å². The average Bonchev–Trinajstić information content (AvgIpc) is 3.29. The molecule has 26 heavy (non-hydrogen) atoms. The molecular formula is C16H11ClN8O. The fourth-order valence-electron chi connectivity index (χ4n) is 2.47. The third-order valence-electron chi connectivity index (χ3n) is 3.62. The standard InChI is InChI=1S/C16H11ClN8O/c1-9(14-21-8-22-25(14)15-19-3-2-4-20-15)23-16-24-12-6-10(7-18)5-11(17)13(12)26-16/h2-6,8-9H,1H3,(H,23,24). The molecule has 1 aromatic carbocycles. The van der Waals surface area contributed by atoms with Crippen LogP contribution in [0.3, 0.4) is 0 Å². The lowest BCUT2D eigenvalue weighted by Gasteiger charge is -2.11. The van der Waals surface area contributed by atoms with E-state index in [9.17, 15) is 0 Å². The highest BCUT2D eigenvalue weighted by Gasteiger charge is 2.19. The van der Waals surface area contributed by atoms with Gasteiger partial charge in [-0.25, -0.2) is 15.0 Å². The first-order valence-electron chi connectivity index (χ1n) is 7.59. The molecule has 0 saturated heterocycles. The normalized spacial score (nSPS) is 12.0. The van der Waals surface area contributed by atoms with Crippen molar-refractivity contribution in [3.8, 4) is 12.0 Å². The molecule has 4 rings (SSSR count). The second-order valence-electron chi connectivity index (χ2n) is 5.38. The first-order chi connectivity index (χ1) is 12.7. The Bertz CT molecular complexity index is 1110. The Labute approximate surface area is 152 Å². The predicted molar refractivity (Wildman–Crippen MR) is 92.7 cm³/mol. The number of nitrogens with one attached hydrogen (secondary N) is 1. The minimum atomic E-state index is -0.302. The molecule has 0 fully saturated rings. The molecule has 0 spiro atoms. The number of nitriles is 1. The molecular weight excluding hydrogens is 356 g/mol. The molecule has 10 heteroatoms. The number of anilines is 1. The van der Waals surface area contributed by atoms with Crippen LogP contribution in [-0.2, 0) is 0 Å². The summed E-state index contributed by atoms with van der Waals surface area (Å²) in [7, 11) is 0. The smallest absolute Gasteiger partial charge is 0.296 e. The van der Waals surface area contributed by atoms with Crippen molar-refractivity contribution >= 4 is 28.7 Å². The summed E-state index contributed by atoms with van der Waals surface area (Å²) in [6, 6.07) is 6.86. The third kappa shape index (κ3) is 2.82. The average molecular weight is 367 g/mol. The zero-order chi connectivity index (χ0) is 18.1. The molecule has 128 valence electrons. The molecule has 9 nitrogen and oxygen atoms in total. The van der Waals surface area contributed by atoms with E-state index < -0.39 is 0 Å².